The van der Waals surface area contributed by atoms with Gasteiger partial charge in [-0.05, 0) is 70.7 Å². The molecule has 1 heteroatoms. The molecule has 0 aliphatic carbocycles. The van der Waals surface area contributed by atoms with Gasteiger partial charge in [-0.3, -0.25) is 0 Å². The zero-order valence-corrected chi connectivity index (χ0v) is 17.4. The standard InChI is InChI=1S/C29H27F/c1-22(26-5-3-2-4-6-26)21-25-11-17-28(18-12-25)27-15-9-23(10-16-27)7-8-24-13-19-29(30)20-14-24/h2-6,9-20,22H,7-8,21H2,1H3/t22-/m0/s1. The maximum Gasteiger partial charge on any atom is 0.123 e. The van der Waals surface area contributed by atoms with E-state index >= 15 is 0 Å². The third-order valence-corrected chi connectivity index (χ3v) is 5.77. The van der Waals surface area contributed by atoms with E-state index in [1.807, 2.05) is 12.1 Å². The van der Waals surface area contributed by atoms with Gasteiger partial charge < -0.3 is 0 Å². The quantitative estimate of drug-likeness (QED) is 0.302. The molecule has 0 saturated heterocycles. The Bertz CT molecular complexity index is 1050. The van der Waals surface area contributed by atoms with Crippen molar-refractivity contribution in [1.29, 1.82) is 0 Å². The van der Waals surface area contributed by atoms with Crippen LogP contribution in [0.5, 0.6) is 0 Å². The van der Waals surface area contributed by atoms with Crippen LogP contribution in [0.2, 0.25) is 0 Å². The molecule has 0 nitrogen and oxygen atoms in total. The second-order valence-corrected chi connectivity index (χ2v) is 8.04. The Labute approximate surface area is 179 Å². The Morgan fingerprint density at radius 2 is 1.03 bits per heavy atom. The highest BCUT2D eigenvalue weighted by atomic mass is 19.1. The van der Waals surface area contributed by atoms with E-state index in [9.17, 15) is 4.39 Å². The molecule has 0 heterocycles. The van der Waals surface area contributed by atoms with Gasteiger partial charge in [0.25, 0.3) is 0 Å². The van der Waals surface area contributed by atoms with Gasteiger partial charge in [-0.1, -0.05) is 97.9 Å². The van der Waals surface area contributed by atoms with Crippen LogP contribution in [0.25, 0.3) is 11.1 Å². The average molecular weight is 395 g/mol. The first kappa shape index (κ1) is 20.1. The number of rotatable bonds is 7. The summed E-state index contributed by atoms with van der Waals surface area (Å²) < 4.78 is 13.0. The molecule has 0 bridgehead atoms. The summed E-state index contributed by atoms with van der Waals surface area (Å²) >= 11 is 0. The highest BCUT2D eigenvalue weighted by Crippen LogP contribution is 2.24. The molecule has 0 saturated carbocycles. The van der Waals surface area contributed by atoms with Crippen molar-refractivity contribution in [2.45, 2.75) is 32.1 Å². The van der Waals surface area contributed by atoms with Crippen molar-refractivity contribution >= 4 is 0 Å². The van der Waals surface area contributed by atoms with Gasteiger partial charge in [-0.25, -0.2) is 4.39 Å². The van der Waals surface area contributed by atoms with Crippen LogP contribution < -0.4 is 0 Å². The van der Waals surface area contributed by atoms with Crippen LogP contribution >= 0.6 is 0 Å². The van der Waals surface area contributed by atoms with Gasteiger partial charge >= 0.3 is 0 Å². The topological polar surface area (TPSA) is 0 Å². The summed E-state index contributed by atoms with van der Waals surface area (Å²) in [5.74, 6) is 0.334. The average Bonchev–Trinajstić information content (AvgIpc) is 2.80. The summed E-state index contributed by atoms with van der Waals surface area (Å²) in [6, 6.07) is 35.2. The number of aryl methyl sites for hydroxylation is 2. The lowest BCUT2D eigenvalue weighted by Crippen LogP contribution is -1.98. The third kappa shape index (κ3) is 5.24. The fourth-order valence-electron chi connectivity index (χ4n) is 3.89. The van der Waals surface area contributed by atoms with Crippen molar-refractivity contribution in [1.82, 2.24) is 0 Å². The minimum Gasteiger partial charge on any atom is -0.207 e. The molecular formula is C29H27F. The largest absolute Gasteiger partial charge is 0.207 e. The molecule has 0 spiro atoms. The lowest BCUT2D eigenvalue weighted by Gasteiger charge is -2.12. The maximum absolute atomic E-state index is 13.0. The smallest absolute Gasteiger partial charge is 0.123 e. The van der Waals surface area contributed by atoms with Crippen LogP contribution in [-0.4, -0.2) is 0 Å². The Hall–Kier alpha value is -3.19. The minimum atomic E-state index is -0.177. The zero-order valence-electron chi connectivity index (χ0n) is 17.4. The van der Waals surface area contributed by atoms with Gasteiger partial charge in [0.1, 0.15) is 5.82 Å². The first-order valence-electron chi connectivity index (χ1n) is 10.6. The van der Waals surface area contributed by atoms with E-state index in [0.717, 1.165) is 19.3 Å². The predicted molar refractivity (Wildman–Crippen MR) is 124 cm³/mol. The van der Waals surface area contributed by atoms with Gasteiger partial charge in [0, 0.05) is 0 Å². The Morgan fingerprint density at radius 3 is 1.57 bits per heavy atom. The summed E-state index contributed by atoms with van der Waals surface area (Å²) in [7, 11) is 0. The van der Waals surface area contributed by atoms with Crippen LogP contribution in [0, 0.1) is 5.82 Å². The van der Waals surface area contributed by atoms with Crippen LogP contribution in [-0.2, 0) is 19.3 Å². The van der Waals surface area contributed by atoms with Gasteiger partial charge in [0.2, 0.25) is 0 Å². The second-order valence-electron chi connectivity index (χ2n) is 8.04. The molecule has 0 fully saturated rings. The summed E-state index contributed by atoms with van der Waals surface area (Å²) in [6.45, 7) is 2.29. The van der Waals surface area contributed by atoms with E-state index in [1.54, 1.807) is 0 Å². The van der Waals surface area contributed by atoms with Crippen molar-refractivity contribution in [2.75, 3.05) is 0 Å². The monoisotopic (exact) mass is 394 g/mol. The molecule has 30 heavy (non-hydrogen) atoms. The van der Waals surface area contributed by atoms with Crippen molar-refractivity contribution in [2.24, 2.45) is 0 Å². The molecule has 150 valence electrons. The summed E-state index contributed by atoms with van der Waals surface area (Å²) in [5, 5.41) is 0. The SMILES string of the molecule is C[C@@H](Cc1ccc(-c2ccc(CCc3ccc(F)cc3)cc2)cc1)c1ccccc1. The first-order valence-corrected chi connectivity index (χ1v) is 10.6. The molecule has 0 unspecified atom stereocenters. The third-order valence-electron chi connectivity index (χ3n) is 5.77. The summed E-state index contributed by atoms with van der Waals surface area (Å²) in [6.07, 6.45) is 2.93. The highest BCUT2D eigenvalue weighted by molar-refractivity contribution is 5.64. The van der Waals surface area contributed by atoms with Gasteiger partial charge in [-0.15, -0.1) is 0 Å². The van der Waals surface area contributed by atoms with Crippen LogP contribution in [0.3, 0.4) is 0 Å². The van der Waals surface area contributed by atoms with E-state index in [1.165, 1.54) is 45.5 Å². The lowest BCUT2D eigenvalue weighted by molar-refractivity contribution is 0.627. The highest BCUT2D eigenvalue weighted by Gasteiger charge is 2.07. The molecule has 4 aromatic carbocycles. The molecule has 0 aliphatic rings. The van der Waals surface area contributed by atoms with E-state index in [0.29, 0.717) is 5.92 Å². The Kier molecular flexibility index (Phi) is 6.39. The number of hydrogen-bond acceptors (Lipinski definition) is 0. The van der Waals surface area contributed by atoms with E-state index in [4.69, 9.17) is 0 Å². The molecule has 1 atom stereocenters. The predicted octanol–water partition coefficient (Wildman–Crippen LogP) is 7.62. The number of halogens is 1. The second kappa shape index (κ2) is 9.54. The molecule has 0 aromatic heterocycles. The molecule has 4 aromatic rings. The summed E-state index contributed by atoms with van der Waals surface area (Å²) in [4.78, 5) is 0. The van der Waals surface area contributed by atoms with Gasteiger partial charge in [0.15, 0.2) is 0 Å². The maximum atomic E-state index is 13.0. The number of benzene rings is 4. The molecule has 0 radical (unpaired) electrons. The molecule has 0 aliphatic heterocycles. The Balaban J connectivity index is 1.36. The van der Waals surface area contributed by atoms with Crippen molar-refractivity contribution in [3.63, 3.8) is 0 Å². The lowest BCUT2D eigenvalue weighted by atomic mass is 9.93. The van der Waals surface area contributed by atoms with Crippen molar-refractivity contribution in [3.8, 4) is 11.1 Å². The van der Waals surface area contributed by atoms with Gasteiger partial charge in [-0.2, -0.15) is 0 Å². The summed E-state index contributed by atoms with van der Waals surface area (Å²) in [5.41, 5.74) is 7.71. The zero-order chi connectivity index (χ0) is 20.8. The van der Waals surface area contributed by atoms with Gasteiger partial charge in [0.05, 0.1) is 0 Å². The fraction of sp³-hybridized carbons (Fsp3) is 0.172. The normalized spacial score (nSPS) is 11.9. The van der Waals surface area contributed by atoms with E-state index < -0.39 is 0 Å². The first-order chi connectivity index (χ1) is 14.7. The van der Waals surface area contributed by atoms with Crippen molar-refractivity contribution in [3.05, 3.63) is 131 Å². The van der Waals surface area contributed by atoms with Crippen LogP contribution in [0.1, 0.15) is 35.1 Å². The van der Waals surface area contributed by atoms with Crippen LogP contribution in [0.4, 0.5) is 4.39 Å². The van der Waals surface area contributed by atoms with Crippen LogP contribution in [0.15, 0.2) is 103 Å². The number of hydrogen-bond donors (Lipinski definition) is 0. The van der Waals surface area contributed by atoms with E-state index in [2.05, 4.69) is 85.8 Å². The molecule has 0 amide bonds. The minimum absolute atomic E-state index is 0.177. The molecule has 0 N–H and O–H groups in total. The fourth-order valence-corrected chi connectivity index (χ4v) is 3.89. The van der Waals surface area contributed by atoms with Crippen molar-refractivity contribution < 1.29 is 4.39 Å². The molecule has 4 rings (SSSR count). The Morgan fingerprint density at radius 1 is 0.567 bits per heavy atom. The van der Waals surface area contributed by atoms with E-state index in [-0.39, 0.29) is 5.82 Å². The molecular weight excluding hydrogens is 367 g/mol.